The second kappa shape index (κ2) is 5.08. The number of urea groups is 1. The minimum atomic E-state index is -0.286. The molecule has 0 spiro atoms. The van der Waals surface area contributed by atoms with Crippen molar-refractivity contribution < 1.29 is 18.7 Å². The van der Waals surface area contributed by atoms with Crippen molar-refractivity contribution in [2.75, 3.05) is 12.0 Å². The number of imide groups is 1. The van der Waals surface area contributed by atoms with Gasteiger partial charge in [0, 0.05) is 12.1 Å². The number of carbonyl (C=O) groups excluding carboxylic acids is 2. The van der Waals surface area contributed by atoms with Gasteiger partial charge in [-0.15, -0.1) is 0 Å². The van der Waals surface area contributed by atoms with Crippen molar-refractivity contribution in [3.8, 4) is 17.1 Å². The molecular weight excluding hydrogens is 322 g/mol. The van der Waals surface area contributed by atoms with Crippen molar-refractivity contribution in [3.05, 3.63) is 30.8 Å². The second-order valence-electron chi connectivity index (χ2n) is 6.79. The van der Waals surface area contributed by atoms with E-state index in [9.17, 15) is 9.59 Å². The number of aromatic nitrogens is 1. The van der Waals surface area contributed by atoms with Gasteiger partial charge in [-0.2, -0.15) is 0 Å². The zero-order chi connectivity index (χ0) is 17.1. The molecule has 3 aliphatic rings. The summed E-state index contributed by atoms with van der Waals surface area (Å²) in [6.45, 7) is 0. The average Bonchev–Trinajstić information content (AvgIpc) is 3.39. The molecule has 1 saturated carbocycles. The van der Waals surface area contributed by atoms with Gasteiger partial charge in [-0.25, -0.2) is 14.7 Å². The lowest BCUT2D eigenvalue weighted by Gasteiger charge is -2.25. The second-order valence-corrected chi connectivity index (χ2v) is 6.79. The lowest BCUT2D eigenvalue weighted by atomic mass is 9.99. The van der Waals surface area contributed by atoms with Crippen LogP contribution in [0.25, 0.3) is 11.3 Å². The number of methoxy groups -OCH3 is 1. The predicted octanol–water partition coefficient (Wildman–Crippen LogP) is 2.67. The normalized spacial score (nSPS) is 27.3. The van der Waals surface area contributed by atoms with E-state index in [1.807, 2.05) is 0 Å². The van der Waals surface area contributed by atoms with E-state index in [-0.39, 0.29) is 24.0 Å². The molecule has 2 aliphatic heterocycles. The van der Waals surface area contributed by atoms with Gasteiger partial charge in [0.05, 0.1) is 24.6 Å². The van der Waals surface area contributed by atoms with E-state index in [4.69, 9.17) is 9.15 Å². The number of hydrogen-bond donors (Lipinski definition) is 0. The van der Waals surface area contributed by atoms with Gasteiger partial charge in [0.1, 0.15) is 11.8 Å². The molecular formula is C18H17N3O4. The number of rotatable bonds is 3. The lowest BCUT2D eigenvalue weighted by molar-refractivity contribution is -0.120. The van der Waals surface area contributed by atoms with Gasteiger partial charge in [0.2, 0.25) is 0 Å². The highest BCUT2D eigenvalue weighted by atomic mass is 16.5. The molecule has 1 aliphatic carbocycles. The lowest BCUT2D eigenvalue weighted by Crippen LogP contribution is -2.40. The molecule has 7 heteroatoms. The highest BCUT2D eigenvalue weighted by molar-refractivity contribution is 6.22. The van der Waals surface area contributed by atoms with E-state index in [0.717, 1.165) is 24.8 Å². The minimum Gasteiger partial charge on any atom is -0.496 e. The van der Waals surface area contributed by atoms with Crippen LogP contribution in [0.15, 0.2) is 35.2 Å². The molecule has 3 fully saturated rings. The summed E-state index contributed by atoms with van der Waals surface area (Å²) in [5.41, 5.74) is 1.26. The van der Waals surface area contributed by atoms with Gasteiger partial charge in [-0.05, 0) is 37.3 Å². The third-order valence-electron chi connectivity index (χ3n) is 5.61. The van der Waals surface area contributed by atoms with Crippen LogP contribution >= 0.6 is 0 Å². The molecule has 128 valence electrons. The monoisotopic (exact) mass is 339 g/mol. The van der Waals surface area contributed by atoms with E-state index in [1.165, 1.54) is 11.3 Å². The van der Waals surface area contributed by atoms with Gasteiger partial charge in [-0.1, -0.05) is 0 Å². The van der Waals surface area contributed by atoms with Crippen molar-refractivity contribution in [1.82, 2.24) is 9.88 Å². The number of ether oxygens (including phenoxy) is 1. The number of oxazole rings is 1. The molecule has 1 aromatic carbocycles. The summed E-state index contributed by atoms with van der Waals surface area (Å²) in [7, 11) is 1.55. The van der Waals surface area contributed by atoms with Crippen molar-refractivity contribution in [1.29, 1.82) is 0 Å². The molecule has 2 bridgehead atoms. The predicted molar refractivity (Wildman–Crippen MR) is 88.1 cm³/mol. The Morgan fingerprint density at radius 2 is 2.16 bits per heavy atom. The van der Waals surface area contributed by atoms with Crippen LogP contribution < -0.4 is 9.64 Å². The van der Waals surface area contributed by atoms with Crippen LogP contribution in [0.4, 0.5) is 10.5 Å². The largest absolute Gasteiger partial charge is 0.496 e. The van der Waals surface area contributed by atoms with Crippen molar-refractivity contribution >= 4 is 17.6 Å². The summed E-state index contributed by atoms with van der Waals surface area (Å²) in [5, 5.41) is 0. The van der Waals surface area contributed by atoms with E-state index in [0.29, 0.717) is 23.1 Å². The van der Waals surface area contributed by atoms with Crippen LogP contribution in [-0.4, -0.2) is 41.0 Å². The molecule has 0 radical (unpaired) electrons. The Morgan fingerprint density at radius 3 is 2.88 bits per heavy atom. The van der Waals surface area contributed by atoms with E-state index < -0.39 is 0 Å². The van der Waals surface area contributed by atoms with Gasteiger partial charge in [0.25, 0.3) is 5.91 Å². The molecule has 3 unspecified atom stereocenters. The van der Waals surface area contributed by atoms with Crippen LogP contribution in [0.5, 0.6) is 5.75 Å². The molecule has 3 heterocycles. The first-order valence-electron chi connectivity index (χ1n) is 8.42. The Bertz CT molecular complexity index is 835. The number of fused-ring (bicyclic) bond motifs is 5. The summed E-state index contributed by atoms with van der Waals surface area (Å²) in [5.74, 6) is 1.29. The van der Waals surface area contributed by atoms with Gasteiger partial charge in [-0.3, -0.25) is 4.79 Å². The maximum absolute atomic E-state index is 12.9. The van der Waals surface area contributed by atoms with Crippen molar-refractivity contribution in [3.63, 3.8) is 0 Å². The number of benzene rings is 1. The third kappa shape index (κ3) is 1.89. The highest BCUT2D eigenvalue weighted by Crippen LogP contribution is 2.47. The Kier molecular flexibility index (Phi) is 2.95. The summed E-state index contributed by atoms with van der Waals surface area (Å²) < 4.78 is 10.8. The molecule has 7 nitrogen and oxygen atoms in total. The molecule has 3 atom stereocenters. The molecule has 25 heavy (non-hydrogen) atoms. The van der Waals surface area contributed by atoms with Crippen LogP contribution in [0.3, 0.4) is 0 Å². The van der Waals surface area contributed by atoms with Crippen LogP contribution in [0.2, 0.25) is 0 Å². The fraction of sp³-hybridized carbons (Fsp3) is 0.389. The van der Waals surface area contributed by atoms with E-state index in [1.54, 1.807) is 36.4 Å². The zero-order valence-electron chi connectivity index (χ0n) is 13.7. The fourth-order valence-corrected chi connectivity index (χ4v) is 4.53. The summed E-state index contributed by atoms with van der Waals surface area (Å²) >= 11 is 0. The fourth-order valence-electron chi connectivity index (χ4n) is 4.53. The molecule has 1 aromatic heterocycles. The zero-order valence-corrected chi connectivity index (χ0v) is 13.7. The molecule has 0 N–H and O–H groups in total. The molecule has 2 saturated heterocycles. The van der Waals surface area contributed by atoms with E-state index >= 15 is 0 Å². The Morgan fingerprint density at radius 1 is 1.28 bits per heavy atom. The third-order valence-corrected chi connectivity index (χ3v) is 5.61. The van der Waals surface area contributed by atoms with Gasteiger partial charge >= 0.3 is 6.03 Å². The van der Waals surface area contributed by atoms with Gasteiger partial charge < -0.3 is 14.1 Å². The summed E-state index contributed by atoms with van der Waals surface area (Å²) in [4.78, 5) is 32.7. The maximum atomic E-state index is 12.9. The first-order valence-corrected chi connectivity index (χ1v) is 8.42. The first kappa shape index (κ1) is 14.5. The first-order chi connectivity index (χ1) is 12.2. The molecule has 3 amide bonds. The van der Waals surface area contributed by atoms with Gasteiger partial charge in [0.15, 0.2) is 12.2 Å². The number of carbonyl (C=O) groups is 2. The number of amides is 3. The number of nitrogens with zero attached hydrogens (tertiary/aromatic N) is 3. The van der Waals surface area contributed by atoms with Crippen molar-refractivity contribution in [2.24, 2.45) is 5.92 Å². The smallest absolute Gasteiger partial charge is 0.332 e. The highest BCUT2D eigenvalue weighted by Gasteiger charge is 2.59. The Balaban J connectivity index is 1.54. The Hall–Kier alpha value is -2.83. The number of hydrogen-bond acceptors (Lipinski definition) is 5. The van der Waals surface area contributed by atoms with Crippen molar-refractivity contribution in [2.45, 2.75) is 31.3 Å². The number of piperidine rings is 1. The minimum absolute atomic E-state index is 0.119. The summed E-state index contributed by atoms with van der Waals surface area (Å²) in [6, 6.07) is 4.96. The van der Waals surface area contributed by atoms with Crippen LogP contribution in [0, 0.1) is 5.92 Å². The SMILES string of the molecule is COc1cc(N2C(=O)C3C4CCC(C4)N3C2=O)ccc1-c1cnco1. The Labute approximate surface area is 144 Å². The van der Waals surface area contributed by atoms with E-state index in [2.05, 4.69) is 4.98 Å². The molecule has 2 aromatic rings. The quantitative estimate of drug-likeness (QED) is 0.804. The van der Waals surface area contributed by atoms with Crippen LogP contribution in [0.1, 0.15) is 19.3 Å². The topological polar surface area (TPSA) is 75.9 Å². The maximum Gasteiger partial charge on any atom is 0.332 e. The standard InChI is InChI=1S/C18H17N3O4/c1-24-14-7-12(4-5-13(14)15-8-19-9-25-15)21-17(22)16-10-2-3-11(6-10)20(16)18(21)23/h4-5,7-11,16H,2-3,6H2,1H3. The average molecular weight is 339 g/mol. The van der Waals surface area contributed by atoms with Crippen LogP contribution in [-0.2, 0) is 4.79 Å². The summed E-state index contributed by atoms with van der Waals surface area (Å²) in [6.07, 6.45) is 5.94. The molecule has 5 rings (SSSR count). The number of anilines is 1.